The third-order valence-electron chi connectivity index (χ3n) is 10.6. The summed E-state index contributed by atoms with van der Waals surface area (Å²) >= 11 is 0. The first-order valence-corrected chi connectivity index (χ1v) is 17.3. The normalized spacial score (nSPS) is 12.0. The lowest BCUT2D eigenvalue weighted by Crippen LogP contribution is -2.10. The third-order valence-corrected chi connectivity index (χ3v) is 10.6. The smallest absolute Gasteiger partial charge is 0.0561 e. The molecule has 1 heterocycles. The minimum atomic E-state index is 1.12. The molecule has 232 valence electrons. The Bertz CT molecular complexity index is 2990. The van der Waals surface area contributed by atoms with Crippen LogP contribution < -0.4 is 4.90 Å². The van der Waals surface area contributed by atoms with E-state index in [2.05, 4.69) is 191 Å². The second-order valence-electron chi connectivity index (χ2n) is 13.4. The van der Waals surface area contributed by atoms with E-state index in [9.17, 15) is 0 Å². The highest BCUT2D eigenvalue weighted by molar-refractivity contribution is 6.24. The van der Waals surface area contributed by atoms with Gasteiger partial charge in [-0.25, -0.2) is 0 Å². The maximum Gasteiger partial charge on any atom is 0.0561 e. The summed E-state index contributed by atoms with van der Waals surface area (Å²) in [6.07, 6.45) is 0. The topological polar surface area (TPSA) is 8.17 Å². The average Bonchev–Trinajstić information content (AvgIpc) is 3.69. The van der Waals surface area contributed by atoms with Crippen molar-refractivity contribution in [2.24, 2.45) is 0 Å². The molecule has 0 atom stereocenters. The van der Waals surface area contributed by atoms with Crippen LogP contribution in [-0.4, -0.2) is 4.57 Å². The van der Waals surface area contributed by atoms with Gasteiger partial charge in [-0.05, 0) is 115 Å². The molecule has 50 heavy (non-hydrogen) atoms. The molecule has 11 rings (SSSR count). The standard InChI is InChI=1S/C48H30N2/c1-2-15-35(16-3-1)50-45-20-9-8-18-40(45)41-25-23-38(30-46(41)50)49(36-22-21-31-11-4-5-12-32(31)28-36)37-24-26-43-44(29-37)42-19-10-14-34-27-33-13-6-7-17-39(33)48(43)47(34)42/h1-30H. The van der Waals surface area contributed by atoms with E-state index in [4.69, 9.17) is 0 Å². The number of fused-ring (bicyclic) bond motifs is 9. The molecule has 0 unspecified atom stereocenters. The van der Waals surface area contributed by atoms with Crippen molar-refractivity contribution in [3.8, 4) is 27.9 Å². The van der Waals surface area contributed by atoms with Crippen molar-refractivity contribution in [2.45, 2.75) is 0 Å². The van der Waals surface area contributed by atoms with Crippen LogP contribution in [0.2, 0.25) is 0 Å². The van der Waals surface area contributed by atoms with Crippen LogP contribution >= 0.6 is 0 Å². The minimum absolute atomic E-state index is 1.12. The predicted molar refractivity (Wildman–Crippen MR) is 212 cm³/mol. The van der Waals surface area contributed by atoms with Gasteiger partial charge >= 0.3 is 0 Å². The fourth-order valence-corrected chi connectivity index (χ4v) is 8.45. The van der Waals surface area contributed by atoms with Crippen molar-refractivity contribution < 1.29 is 0 Å². The van der Waals surface area contributed by atoms with Gasteiger partial charge in [0, 0.05) is 33.5 Å². The summed E-state index contributed by atoms with van der Waals surface area (Å²) < 4.78 is 2.40. The summed E-state index contributed by atoms with van der Waals surface area (Å²) in [6.45, 7) is 0. The Labute approximate surface area is 289 Å². The van der Waals surface area contributed by atoms with E-state index in [-0.39, 0.29) is 0 Å². The number of benzene rings is 9. The third kappa shape index (κ3) is 3.90. The van der Waals surface area contributed by atoms with Gasteiger partial charge in [0.05, 0.1) is 11.0 Å². The van der Waals surface area contributed by atoms with Gasteiger partial charge in [-0.3, -0.25) is 0 Å². The minimum Gasteiger partial charge on any atom is -0.310 e. The zero-order valence-electron chi connectivity index (χ0n) is 27.2. The number of rotatable bonds is 4. The molecule has 9 aromatic carbocycles. The zero-order valence-corrected chi connectivity index (χ0v) is 27.2. The maximum absolute atomic E-state index is 2.43. The van der Waals surface area contributed by atoms with E-state index in [0.29, 0.717) is 0 Å². The van der Waals surface area contributed by atoms with Crippen LogP contribution in [0.5, 0.6) is 0 Å². The van der Waals surface area contributed by atoms with Crippen molar-refractivity contribution in [2.75, 3.05) is 4.90 Å². The SMILES string of the molecule is c1ccc(-n2c3ccccc3c3ccc(N(c4ccc5c(c4)-c4cccc6cc7ccccc7c-5c46)c4ccc5ccccc5c4)cc32)cc1. The Hall–Kier alpha value is -6.64. The summed E-state index contributed by atoms with van der Waals surface area (Å²) in [4.78, 5) is 2.43. The van der Waals surface area contributed by atoms with Crippen LogP contribution in [0.25, 0.3) is 82.1 Å². The molecule has 0 N–H and O–H groups in total. The van der Waals surface area contributed by atoms with Gasteiger partial charge in [-0.1, -0.05) is 121 Å². The second kappa shape index (κ2) is 10.4. The molecule has 0 aliphatic heterocycles. The molecule has 1 aromatic heterocycles. The molecule has 0 bridgehead atoms. The highest BCUT2D eigenvalue weighted by Crippen LogP contribution is 2.52. The Kier molecular flexibility index (Phi) is 5.70. The highest BCUT2D eigenvalue weighted by atomic mass is 15.1. The van der Waals surface area contributed by atoms with Gasteiger partial charge in [-0.15, -0.1) is 0 Å². The molecule has 1 aliphatic rings. The van der Waals surface area contributed by atoms with Crippen molar-refractivity contribution in [3.05, 3.63) is 182 Å². The Morgan fingerprint density at radius 3 is 1.90 bits per heavy atom. The van der Waals surface area contributed by atoms with E-state index in [1.165, 1.54) is 76.4 Å². The monoisotopic (exact) mass is 634 g/mol. The molecule has 1 aliphatic carbocycles. The van der Waals surface area contributed by atoms with Crippen molar-refractivity contribution in [3.63, 3.8) is 0 Å². The van der Waals surface area contributed by atoms with E-state index >= 15 is 0 Å². The summed E-state index contributed by atoms with van der Waals surface area (Å²) in [7, 11) is 0. The van der Waals surface area contributed by atoms with Gasteiger partial charge in [0.1, 0.15) is 0 Å². The maximum atomic E-state index is 2.43. The zero-order chi connectivity index (χ0) is 32.8. The van der Waals surface area contributed by atoms with E-state index in [0.717, 1.165) is 22.7 Å². The van der Waals surface area contributed by atoms with Crippen molar-refractivity contribution >= 4 is 71.2 Å². The van der Waals surface area contributed by atoms with E-state index in [1.807, 2.05) is 0 Å². The summed E-state index contributed by atoms with van der Waals surface area (Å²) in [6, 6.07) is 66.8. The lowest BCUT2D eigenvalue weighted by atomic mass is 9.96. The number of para-hydroxylation sites is 2. The van der Waals surface area contributed by atoms with Gasteiger partial charge < -0.3 is 9.47 Å². The molecule has 0 amide bonds. The fraction of sp³-hybridized carbons (Fsp3) is 0. The molecular weight excluding hydrogens is 605 g/mol. The first-order valence-electron chi connectivity index (χ1n) is 17.3. The fourth-order valence-electron chi connectivity index (χ4n) is 8.45. The molecule has 0 fully saturated rings. The van der Waals surface area contributed by atoms with E-state index < -0.39 is 0 Å². The average molecular weight is 635 g/mol. The summed E-state index contributed by atoms with van der Waals surface area (Å²) in [5.41, 5.74) is 12.2. The van der Waals surface area contributed by atoms with Gasteiger partial charge in [0.2, 0.25) is 0 Å². The Morgan fingerprint density at radius 2 is 1.00 bits per heavy atom. The Balaban J connectivity index is 1.18. The molecule has 10 aromatic rings. The van der Waals surface area contributed by atoms with E-state index in [1.54, 1.807) is 0 Å². The van der Waals surface area contributed by atoms with Crippen molar-refractivity contribution in [1.29, 1.82) is 0 Å². The lowest BCUT2D eigenvalue weighted by molar-refractivity contribution is 1.18. The number of anilines is 3. The number of nitrogens with zero attached hydrogens (tertiary/aromatic N) is 2. The van der Waals surface area contributed by atoms with Gasteiger partial charge in [0.15, 0.2) is 0 Å². The molecular formula is C48H30N2. The summed E-state index contributed by atoms with van der Waals surface area (Å²) in [5, 5.41) is 10.2. The van der Waals surface area contributed by atoms with Gasteiger partial charge in [0.25, 0.3) is 0 Å². The molecule has 0 saturated carbocycles. The number of aromatic nitrogens is 1. The number of hydrogen-bond donors (Lipinski definition) is 0. The molecule has 2 nitrogen and oxygen atoms in total. The predicted octanol–water partition coefficient (Wildman–Crippen LogP) is 13.4. The number of hydrogen-bond acceptors (Lipinski definition) is 1. The molecule has 0 spiro atoms. The van der Waals surface area contributed by atoms with Crippen LogP contribution in [0.4, 0.5) is 17.1 Å². The Morgan fingerprint density at radius 1 is 0.340 bits per heavy atom. The van der Waals surface area contributed by atoms with Crippen LogP contribution in [0.1, 0.15) is 0 Å². The quantitative estimate of drug-likeness (QED) is 0.175. The first kappa shape index (κ1) is 27.3. The molecule has 2 heteroatoms. The van der Waals surface area contributed by atoms with Crippen LogP contribution in [0.15, 0.2) is 182 Å². The molecule has 0 radical (unpaired) electrons. The summed E-state index contributed by atoms with van der Waals surface area (Å²) in [5.74, 6) is 0. The second-order valence-corrected chi connectivity index (χ2v) is 13.4. The van der Waals surface area contributed by atoms with Crippen LogP contribution in [0, 0.1) is 0 Å². The van der Waals surface area contributed by atoms with Gasteiger partial charge in [-0.2, -0.15) is 0 Å². The molecule has 0 saturated heterocycles. The first-order chi connectivity index (χ1) is 24.8. The highest BCUT2D eigenvalue weighted by Gasteiger charge is 2.26. The van der Waals surface area contributed by atoms with Crippen LogP contribution in [-0.2, 0) is 0 Å². The largest absolute Gasteiger partial charge is 0.310 e. The van der Waals surface area contributed by atoms with Crippen LogP contribution in [0.3, 0.4) is 0 Å². The lowest BCUT2D eigenvalue weighted by Gasteiger charge is -2.27. The van der Waals surface area contributed by atoms with Crippen molar-refractivity contribution in [1.82, 2.24) is 4.57 Å².